The third-order valence-corrected chi connectivity index (χ3v) is 2.45. The van der Waals surface area contributed by atoms with Crippen LogP contribution in [-0.4, -0.2) is 36.3 Å². The summed E-state index contributed by atoms with van der Waals surface area (Å²) in [5.41, 5.74) is 6.42. The molecule has 16 heavy (non-hydrogen) atoms. The molecule has 2 N–H and O–H groups in total. The molecule has 0 radical (unpaired) electrons. The largest absolute Gasteiger partial charge is 0.383 e. The fraction of sp³-hybridized carbons (Fsp3) is 0.636. The van der Waals surface area contributed by atoms with Gasteiger partial charge in [-0.25, -0.2) is 9.97 Å². The Balaban J connectivity index is 2.85. The van der Waals surface area contributed by atoms with Gasteiger partial charge in [0.15, 0.2) is 0 Å². The first kappa shape index (κ1) is 12.9. The van der Waals surface area contributed by atoms with Gasteiger partial charge in [-0.2, -0.15) is 0 Å². The second-order valence-corrected chi connectivity index (χ2v) is 3.64. The first-order chi connectivity index (χ1) is 7.72. The molecule has 1 atom stereocenters. The summed E-state index contributed by atoms with van der Waals surface area (Å²) in [6.07, 6.45) is 1.74. The fourth-order valence-electron chi connectivity index (χ4n) is 1.62. The van der Waals surface area contributed by atoms with Crippen molar-refractivity contribution in [3.63, 3.8) is 0 Å². The number of methoxy groups -OCH3 is 1. The van der Waals surface area contributed by atoms with Gasteiger partial charge in [0.25, 0.3) is 0 Å². The number of hydrogen-bond donors (Lipinski definition) is 1. The van der Waals surface area contributed by atoms with Crippen LogP contribution < -0.4 is 10.6 Å². The zero-order valence-corrected chi connectivity index (χ0v) is 10.2. The number of ether oxygens (including phenoxy) is 1. The van der Waals surface area contributed by atoms with E-state index in [1.807, 2.05) is 6.07 Å². The number of rotatable bonds is 6. The monoisotopic (exact) mass is 224 g/mol. The highest BCUT2D eigenvalue weighted by atomic mass is 16.5. The Bertz CT molecular complexity index is 319. The predicted octanol–water partition coefficient (Wildman–Crippen LogP) is 0.796. The Morgan fingerprint density at radius 3 is 2.88 bits per heavy atom. The Morgan fingerprint density at radius 2 is 2.31 bits per heavy atom. The van der Waals surface area contributed by atoms with Crippen molar-refractivity contribution < 1.29 is 4.74 Å². The maximum atomic E-state index is 5.56. The lowest BCUT2D eigenvalue weighted by Crippen LogP contribution is -2.37. The van der Waals surface area contributed by atoms with Crippen LogP contribution in [-0.2, 0) is 11.3 Å². The van der Waals surface area contributed by atoms with Crippen LogP contribution in [0.4, 0.5) is 5.95 Å². The molecule has 0 fully saturated rings. The van der Waals surface area contributed by atoms with Crippen LogP contribution in [0.5, 0.6) is 0 Å². The molecule has 0 saturated carbocycles. The van der Waals surface area contributed by atoms with E-state index in [9.17, 15) is 0 Å². The maximum Gasteiger partial charge on any atom is 0.225 e. The Kier molecular flexibility index (Phi) is 5.14. The van der Waals surface area contributed by atoms with Crippen LogP contribution in [0.15, 0.2) is 12.3 Å². The minimum Gasteiger partial charge on any atom is -0.383 e. The van der Waals surface area contributed by atoms with Crippen molar-refractivity contribution in [3.05, 3.63) is 18.0 Å². The molecule has 1 unspecified atom stereocenters. The molecule has 1 aromatic rings. The third-order valence-electron chi connectivity index (χ3n) is 2.45. The molecular formula is C11H20N4O. The molecule has 5 heteroatoms. The van der Waals surface area contributed by atoms with E-state index in [-0.39, 0.29) is 6.04 Å². The van der Waals surface area contributed by atoms with E-state index in [0.717, 1.165) is 18.2 Å². The first-order valence-electron chi connectivity index (χ1n) is 5.50. The summed E-state index contributed by atoms with van der Waals surface area (Å²) in [4.78, 5) is 10.8. The van der Waals surface area contributed by atoms with E-state index < -0.39 is 0 Å². The van der Waals surface area contributed by atoms with Crippen LogP contribution in [0.3, 0.4) is 0 Å². The zero-order chi connectivity index (χ0) is 12.0. The average molecular weight is 224 g/mol. The SMILES string of the molecule is CCN(c1nccc(CN)n1)C(C)COC. The van der Waals surface area contributed by atoms with Crippen molar-refractivity contribution in [1.29, 1.82) is 0 Å². The van der Waals surface area contributed by atoms with Crippen LogP contribution in [0.1, 0.15) is 19.5 Å². The molecule has 5 nitrogen and oxygen atoms in total. The third kappa shape index (κ3) is 3.15. The lowest BCUT2D eigenvalue weighted by atomic mass is 10.3. The molecule has 0 aliphatic carbocycles. The van der Waals surface area contributed by atoms with Gasteiger partial charge in [-0.1, -0.05) is 0 Å². The summed E-state index contributed by atoms with van der Waals surface area (Å²) in [7, 11) is 1.70. The average Bonchev–Trinajstić information content (AvgIpc) is 2.31. The van der Waals surface area contributed by atoms with Crippen molar-refractivity contribution in [2.75, 3.05) is 25.2 Å². The second kappa shape index (κ2) is 6.40. The molecule has 1 rings (SSSR count). The van der Waals surface area contributed by atoms with E-state index >= 15 is 0 Å². The van der Waals surface area contributed by atoms with Gasteiger partial charge in [-0.05, 0) is 19.9 Å². The summed E-state index contributed by atoms with van der Waals surface area (Å²) in [5.74, 6) is 0.718. The van der Waals surface area contributed by atoms with Crippen molar-refractivity contribution in [2.45, 2.75) is 26.4 Å². The van der Waals surface area contributed by atoms with E-state index in [2.05, 4.69) is 28.7 Å². The topological polar surface area (TPSA) is 64.3 Å². The smallest absolute Gasteiger partial charge is 0.225 e. The number of aromatic nitrogens is 2. The molecule has 0 aliphatic rings. The van der Waals surface area contributed by atoms with Crippen LogP contribution >= 0.6 is 0 Å². The van der Waals surface area contributed by atoms with Crippen molar-refractivity contribution in [3.8, 4) is 0 Å². The van der Waals surface area contributed by atoms with Crippen molar-refractivity contribution >= 4 is 5.95 Å². The molecule has 0 spiro atoms. The molecule has 0 saturated heterocycles. The first-order valence-corrected chi connectivity index (χ1v) is 5.50. The maximum absolute atomic E-state index is 5.56. The lowest BCUT2D eigenvalue weighted by Gasteiger charge is -2.27. The molecule has 90 valence electrons. The Labute approximate surface area is 96.6 Å². The summed E-state index contributed by atoms with van der Waals surface area (Å²) >= 11 is 0. The van der Waals surface area contributed by atoms with Crippen molar-refractivity contribution in [1.82, 2.24) is 9.97 Å². The normalized spacial score (nSPS) is 12.5. The highest BCUT2D eigenvalue weighted by Gasteiger charge is 2.15. The van der Waals surface area contributed by atoms with Gasteiger partial charge in [-0.15, -0.1) is 0 Å². The molecular weight excluding hydrogens is 204 g/mol. The molecule has 0 bridgehead atoms. The van der Waals surface area contributed by atoms with E-state index in [1.54, 1.807) is 13.3 Å². The van der Waals surface area contributed by atoms with Gasteiger partial charge in [0.05, 0.1) is 18.3 Å². The van der Waals surface area contributed by atoms with Gasteiger partial charge >= 0.3 is 0 Å². The van der Waals surface area contributed by atoms with Gasteiger partial charge in [0.2, 0.25) is 5.95 Å². The zero-order valence-electron chi connectivity index (χ0n) is 10.2. The van der Waals surface area contributed by atoms with E-state index in [0.29, 0.717) is 13.2 Å². The van der Waals surface area contributed by atoms with Gasteiger partial charge in [0.1, 0.15) is 0 Å². The van der Waals surface area contributed by atoms with Crippen molar-refractivity contribution in [2.24, 2.45) is 5.73 Å². The standard InChI is InChI=1S/C11H20N4O/c1-4-15(9(2)8-16-3)11-13-6-5-10(7-12)14-11/h5-6,9H,4,7-8,12H2,1-3H3. The van der Waals surface area contributed by atoms with Crippen LogP contribution in [0.25, 0.3) is 0 Å². The molecule has 0 aliphatic heterocycles. The van der Waals surface area contributed by atoms with Crippen LogP contribution in [0, 0.1) is 0 Å². The Hall–Kier alpha value is -1.20. The summed E-state index contributed by atoms with van der Waals surface area (Å²) in [5, 5.41) is 0. The molecule has 0 amide bonds. The van der Waals surface area contributed by atoms with E-state index in [1.165, 1.54) is 0 Å². The highest BCUT2D eigenvalue weighted by Crippen LogP contribution is 2.11. The minimum absolute atomic E-state index is 0.253. The second-order valence-electron chi connectivity index (χ2n) is 3.64. The van der Waals surface area contributed by atoms with Gasteiger partial charge in [-0.3, -0.25) is 0 Å². The quantitative estimate of drug-likeness (QED) is 0.774. The molecule has 0 aromatic carbocycles. The summed E-state index contributed by atoms with van der Waals surface area (Å²) in [6, 6.07) is 2.08. The fourth-order valence-corrected chi connectivity index (χ4v) is 1.62. The predicted molar refractivity (Wildman–Crippen MR) is 64.3 cm³/mol. The Morgan fingerprint density at radius 1 is 1.56 bits per heavy atom. The van der Waals surface area contributed by atoms with Gasteiger partial charge < -0.3 is 15.4 Å². The lowest BCUT2D eigenvalue weighted by molar-refractivity contribution is 0.181. The van der Waals surface area contributed by atoms with E-state index in [4.69, 9.17) is 10.5 Å². The number of hydrogen-bond acceptors (Lipinski definition) is 5. The molecule has 1 heterocycles. The minimum atomic E-state index is 0.253. The van der Waals surface area contributed by atoms with Crippen LogP contribution in [0.2, 0.25) is 0 Å². The summed E-state index contributed by atoms with van der Waals surface area (Å²) in [6.45, 7) is 6.10. The molecule has 1 aromatic heterocycles. The number of anilines is 1. The van der Waals surface area contributed by atoms with Gasteiger partial charge in [0, 0.05) is 26.4 Å². The number of likely N-dealkylation sites (N-methyl/N-ethyl adjacent to an activating group) is 1. The number of nitrogens with zero attached hydrogens (tertiary/aromatic N) is 3. The summed E-state index contributed by atoms with van der Waals surface area (Å²) < 4.78 is 5.14. The highest BCUT2D eigenvalue weighted by molar-refractivity contribution is 5.31. The number of nitrogens with two attached hydrogens (primary N) is 1.